The summed E-state index contributed by atoms with van der Waals surface area (Å²) >= 11 is 0. The van der Waals surface area contributed by atoms with Crippen LogP contribution in [0.15, 0.2) is 55.1 Å². The zero-order chi connectivity index (χ0) is 15.6. The van der Waals surface area contributed by atoms with Crippen LogP contribution in [0.2, 0.25) is 0 Å². The number of methoxy groups -OCH3 is 1. The van der Waals surface area contributed by atoms with Gasteiger partial charge in [-0.05, 0) is 24.5 Å². The van der Waals surface area contributed by atoms with Gasteiger partial charge in [0.2, 0.25) is 0 Å². The van der Waals surface area contributed by atoms with Gasteiger partial charge in [0.05, 0.1) is 6.10 Å². The molecule has 0 N–H and O–H groups in total. The fourth-order valence-electron chi connectivity index (χ4n) is 3.35. The summed E-state index contributed by atoms with van der Waals surface area (Å²) in [5.74, 6) is 0. The van der Waals surface area contributed by atoms with Gasteiger partial charge in [0.25, 0.3) is 0 Å². The smallest absolute Gasteiger partial charge is 0.145 e. The Labute approximate surface area is 134 Å². The van der Waals surface area contributed by atoms with Gasteiger partial charge < -0.3 is 14.0 Å². The van der Waals surface area contributed by atoms with Gasteiger partial charge in [0, 0.05) is 24.9 Å². The summed E-state index contributed by atoms with van der Waals surface area (Å²) in [4.78, 5) is 8.44. The predicted molar refractivity (Wildman–Crippen MR) is 86.9 cm³/mol. The average molecular weight is 309 g/mol. The van der Waals surface area contributed by atoms with Crippen LogP contribution in [-0.4, -0.2) is 27.7 Å². The SMILES string of the molecule is COC(c1ccccc1)[C@@H]1CC[C@H](n2ccc3cncnc32)O1. The second-order valence-corrected chi connectivity index (χ2v) is 5.80. The second-order valence-electron chi connectivity index (χ2n) is 5.80. The van der Waals surface area contributed by atoms with E-state index in [9.17, 15) is 0 Å². The maximum absolute atomic E-state index is 6.30. The zero-order valence-electron chi connectivity index (χ0n) is 13.0. The Kier molecular flexibility index (Phi) is 3.81. The lowest BCUT2D eigenvalue weighted by atomic mass is 10.0. The van der Waals surface area contributed by atoms with Crippen LogP contribution >= 0.6 is 0 Å². The average Bonchev–Trinajstić information content (AvgIpc) is 3.23. The molecule has 1 fully saturated rings. The first-order valence-electron chi connectivity index (χ1n) is 7.86. The van der Waals surface area contributed by atoms with Crippen molar-refractivity contribution >= 4 is 11.0 Å². The van der Waals surface area contributed by atoms with Crippen molar-refractivity contribution in [2.24, 2.45) is 0 Å². The van der Waals surface area contributed by atoms with E-state index in [-0.39, 0.29) is 18.4 Å². The summed E-state index contributed by atoms with van der Waals surface area (Å²) in [6.45, 7) is 0. The number of hydrogen-bond acceptors (Lipinski definition) is 4. The number of benzene rings is 1. The zero-order valence-corrected chi connectivity index (χ0v) is 13.0. The molecule has 23 heavy (non-hydrogen) atoms. The first-order chi connectivity index (χ1) is 11.4. The van der Waals surface area contributed by atoms with Crippen LogP contribution in [0, 0.1) is 0 Å². The number of aromatic nitrogens is 3. The molecule has 3 heterocycles. The lowest BCUT2D eigenvalue weighted by Crippen LogP contribution is -2.21. The highest BCUT2D eigenvalue weighted by atomic mass is 16.6. The molecule has 5 heteroatoms. The molecule has 1 aliphatic rings. The molecule has 1 unspecified atom stereocenters. The fourth-order valence-corrected chi connectivity index (χ4v) is 3.35. The van der Waals surface area contributed by atoms with Crippen LogP contribution in [0.1, 0.15) is 30.7 Å². The van der Waals surface area contributed by atoms with Gasteiger partial charge in [0.15, 0.2) is 0 Å². The van der Waals surface area contributed by atoms with Gasteiger partial charge in [-0.1, -0.05) is 30.3 Å². The van der Waals surface area contributed by atoms with E-state index < -0.39 is 0 Å². The van der Waals surface area contributed by atoms with Gasteiger partial charge in [-0.15, -0.1) is 0 Å². The molecule has 4 rings (SSSR count). The largest absolute Gasteiger partial charge is 0.374 e. The highest BCUT2D eigenvalue weighted by Crippen LogP contribution is 2.37. The van der Waals surface area contributed by atoms with Gasteiger partial charge in [-0.3, -0.25) is 0 Å². The van der Waals surface area contributed by atoms with Gasteiger partial charge in [-0.2, -0.15) is 0 Å². The lowest BCUT2D eigenvalue weighted by molar-refractivity contribution is -0.0737. The fraction of sp³-hybridized carbons (Fsp3) is 0.333. The molecule has 0 bridgehead atoms. The highest BCUT2D eigenvalue weighted by Gasteiger charge is 2.34. The highest BCUT2D eigenvalue weighted by molar-refractivity contribution is 5.74. The van der Waals surface area contributed by atoms with Crippen LogP contribution in [0.25, 0.3) is 11.0 Å². The van der Waals surface area contributed by atoms with Crippen molar-refractivity contribution < 1.29 is 9.47 Å². The lowest BCUT2D eigenvalue weighted by Gasteiger charge is -2.23. The van der Waals surface area contributed by atoms with Crippen LogP contribution in [0.5, 0.6) is 0 Å². The van der Waals surface area contributed by atoms with E-state index in [1.165, 1.54) is 0 Å². The first kappa shape index (κ1) is 14.4. The Morgan fingerprint density at radius 2 is 2.09 bits per heavy atom. The summed E-state index contributed by atoms with van der Waals surface area (Å²) < 4.78 is 14.1. The van der Waals surface area contributed by atoms with E-state index in [4.69, 9.17) is 9.47 Å². The third-order valence-electron chi connectivity index (χ3n) is 4.44. The van der Waals surface area contributed by atoms with E-state index >= 15 is 0 Å². The third kappa shape index (κ3) is 2.62. The molecule has 2 aromatic heterocycles. The monoisotopic (exact) mass is 309 g/mol. The van der Waals surface area contributed by atoms with Crippen LogP contribution in [0.3, 0.4) is 0 Å². The Hall–Kier alpha value is -2.24. The second kappa shape index (κ2) is 6.10. The van der Waals surface area contributed by atoms with Crippen molar-refractivity contribution in [2.45, 2.75) is 31.3 Å². The summed E-state index contributed by atoms with van der Waals surface area (Å²) in [6, 6.07) is 12.3. The molecular formula is C18H19N3O2. The van der Waals surface area contributed by atoms with Crippen LogP contribution < -0.4 is 0 Å². The molecule has 118 valence electrons. The maximum Gasteiger partial charge on any atom is 0.145 e. The van der Waals surface area contributed by atoms with Gasteiger partial charge in [0.1, 0.15) is 24.3 Å². The molecule has 0 amide bonds. The van der Waals surface area contributed by atoms with Crippen LogP contribution in [0.4, 0.5) is 0 Å². The number of nitrogens with zero attached hydrogens (tertiary/aromatic N) is 3. The van der Waals surface area contributed by atoms with Crippen molar-refractivity contribution in [3.8, 4) is 0 Å². The Morgan fingerprint density at radius 3 is 2.91 bits per heavy atom. The summed E-state index contributed by atoms with van der Waals surface area (Å²) in [6.07, 6.45) is 7.34. The molecular weight excluding hydrogens is 290 g/mol. The van der Waals surface area contributed by atoms with E-state index in [1.807, 2.05) is 36.7 Å². The predicted octanol–water partition coefficient (Wildman–Crippen LogP) is 3.50. The van der Waals surface area contributed by atoms with Crippen molar-refractivity contribution in [3.63, 3.8) is 0 Å². The quantitative estimate of drug-likeness (QED) is 0.740. The molecule has 1 aromatic carbocycles. The van der Waals surface area contributed by atoms with Crippen molar-refractivity contribution in [1.29, 1.82) is 0 Å². The standard InChI is InChI=1S/C18H19N3O2/c1-22-17(13-5-3-2-4-6-13)15-7-8-16(23-15)21-10-9-14-11-19-12-20-18(14)21/h2-6,9-12,15-17H,7-8H2,1H3/t15-,16+,17?/m0/s1. The van der Waals surface area contributed by atoms with E-state index in [1.54, 1.807) is 13.4 Å². The minimum Gasteiger partial charge on any atom is -0.374 e. The van der Waals surface area contributed by atoms with Gasteiger partial charge in [-0.25, -0.2) is 9.97 Å². The molecule has 0 spiro atoms. The number of fused-ring (bicyclic) bond motifs is 1. The molecule has 0 saturated carbocycles. The summed E-state index contributed by atoms with van der Waals surface area (Å²) in [5.41, 5.74) is 2.07. The first-order valence-corrected chi connectivity index (χ1v) is 7.86. The third-order valence-corrected chi connectivity index (χ3v) is 4.44. The van der Waals surface area contributed by atoms with Crippen molar-refractivity contribution in [2.75, 3.05) is 7.11 Å². The summed E-state index contributed by atoms with van der Waals surface area (Å²) in [5, 5.41) is 1.03. The molecule has 3 atom stereocenters. The van der Waals surface area contributed by atoms with Crippen molar-refractivity contribution in [1.82, 2.24) is 14.5 Å². The molecule has 0 aliphatic carbocycles. The topological polar surface area (TPSA) is 49.2 Å². The number of hydrogen-bond donors (Lipinski definition) is 0. The van der Waals surface area contributed by atoms with Crippen molar-refractivity contribution in [3.05, 3.63) is 60.7 Å². The normalized spacial score (nSPS) is 22.5. The van der Waals surface area contributed by atoms with E-state index in [0.29, 0.717) is 0 Å². The Balaban J connectivity index is 1.57. The summed E-state index contributed by atoms with van der Waals surface area (Å²) in [7, 11) is 1.74. The van der Waals surface area contributed by atoms with E-state index in [2.05, 4.69) is 26.7 Å². The molecule has 5 nitrogen and oxygen atoms in total. The molecule has 1 saturated heterocycles. The van der Waals surface area contributed by atoms with Gasteiger partial charge >= 0.3 is 0 Å². The Morgan fingerprint density at radius 1 is 1.22 bits per heavy atom. The minimum atomic E-state index is -0.0438. The number of ether oxygens (including phenoxy) is 2. The van der Waals surface area contributed by atoms with Crippen LogP contribution in [-0.2, 0) is 9.47 Å². The maximum atomic E-state index is 6.30. The Bertz CT molecular complexity index is 787. The molecule has 1 aliphatic heterocycles. The van der Waals surface area contributed by atoms with E-state index in [0.717, 1.165) is 29.4 Å². The minimum absolute atomic E-state index is 0.00578. The molecule has 0 radical (unpaired) electrons. The molecule has 3 aromatic rings. The number of rotatable bonds is 4.